The zero-order valence-electron chi connectivity index (χ0n) is 3.68. The second-order valence-corrected chi connectivity index (χ2v) is 1.25. The highest BCUT2D eigenvalue weighted by Gasteiger charge is 2.35. The molecule has 1 aliphatic rings. The summed E-state index contributed by atoms with van der Waals surface area (Å²) in [7, 11) is 0. The molecular weight excluding hydrogens is 117 g/mol. The number of hydroxylamine groups is 1. The summed E-state index contributed by atoms with van der Waals surface area (Å²) in [6, 6.07) is 0. The van der Waals surface area contributed by atoms with Gasteiger partial charge >= 0.3 is 5.97 Å². The SMILES string of the molecule is O=C1NOC(=O)C1F. The lowest BCUT2D eigenvalue weighted by Gasteiger charge is -1.81. The molecular formula is C3H2FNO3. The van der Waals surface area contributed by atoms with Gasteiger partial charge < -0.3 is 4.84 Å². The van der Waals surface area contributed by atoms with Gasteiger partial charge in [-0.25, -0.2) is 9.18 Å². The molecule has 5 heteroatoms. The molecule has 1 N–H and O–H groups in total. The van der Waals surface area contributed by atoms with Gasteiger partial charge in [0.1, 0.15) is 0 Å². The number of carbonyl (C=O) groups excluding carboxylic acids is 2. The van der Waals surface area contributed by atoms with Crippen LogP contribution in [0.15, 0.2) is 0 Å². The van der Waals surface area contributed by atoms with Crippen LogP contribution in [-0.4, -0.2) is 18.0 Å². The molecule has 4 nitrogen and oxygen atoms in total. The van der Waals surface area contributed by atoms with E-state index in [-0.39, 0.29) is 0 Å². The molecule has 0 saturated carbocycles. The summed E-state index contributed by atoms with van der Waals surface area (Å²) < 4.78 is 11.8. The summed E-state index contributed by atoms with van der Waals surface area (Å²) in [5, 5.41) is 0. The maximum absolute atomic E-state index is 11.8. The van der Waals surface area contributed by atoms with Gasteiger partial charge in [0.2, 0.25) is 0 Å². The lowest BCUT2D eigenvalue weighted by molar-refractivity contribution is -0.146. The zero-order chi connectivity index (χ0) is 6.15. The number of amides is 1. The quantitative estimate of drug-likeness (QED) is 0.412. The Morgan fingerprint density at radius 2 is 2.25 bits per heavy atom. The van der Waals surface area contributed by atoms with E-state index < -0.39 is 18.0 Å². The normalized spacial score (nSPS) is 27.4. The number of rotatable bonds is 0. The van der Waals surface area contributed by atoms with Crippen LogP contribution in [0.2, 0.25) is 0 Å². The van der Waals surface area contributed by atoms with E-state index in [0.29, 0.717) is 0 Å². The minimum absolute atomic E-state index is 1.03. The van der Waals surface area contributed by atoms with Crippen LogP contribution >= 0.6 is 0 Å². The molecule has 1 heterocycles. The first-order valence-electron chi connectivity index (χ1n) is 1.86. The van der Waals surface area contributed by atoms with E-state index in [2.05, 4.69) is 4.84 Å². The van der Waals surface area contributed by atoms with Crippen LogP contribution in [-0.2, 0) is 14.4 Å². The van der Waals surface area contributed by atoms with E-state index in [1.165, 1.54) is 0 Å². The highest BCUT2D eigenvalue weighted by atomic mass is 19.1. The van der Waals surface area contributed by atoms with Gasteiger partial charge in [-0.1, -0.05) is 0 Å². The Labute approximate surface area is 43.6 Å². The molecule has 1 unspecified atom stereocenters. The molecule has 0 bridgehead atoms. The number of hydrogen-bond acceptors (Lipinski definition) is 3. The Balaban J connectivity index is 2.70. The molecule has 0 aliphatic carbocycles. The van der Waals surface area contributed by atoms with Gasteiger partial charge in [-0.05, 0) is 0 Å². The summed E-state index contributed by atoms with van der Waals surface area (Å²) in [5.74, 6) is -2.20. The van der Waals surface area contributed by atoms with Crippen molar-refractivity contribution in [2.45, 2.75) is 6.17 Å². The van der Waals surface area contributed by atoms with Gasteiger partial charge in [0.05, 0.1) is 0 Å². The van der Waals surface area contributed by atoms with Crippen molar-refractivity contribution in [2.24, 2.45) is 0 Å². The van der Waals surface area contributed by atoms with Gasteiger partial charge in [0, 0.05) is 0 Å². The topological polar surface area (TPSA) is 55.4 Å². The van der Waals surface area contributed by atoms with Crippen LogP contribution in [0.3, 0.4) is 0 Å². The number of carbonyl (C=O) groups is 2. The molecule has 1 amide bonds. The third-order valence-electron chi connectivity index (χ3n) is 0.689. The second kappa shape index (κ2) is 1.43. The van der Waals surface area contributed by atoms with Crippen LogP contribution in [0, 0.1) is 0 Å². The lowest BCUT2D eigenvalue weighted by Crippen LogP contribution is -2.20. The first kappa shape index (κ1) is 5.02. The highest BCUT2D eigenvalue weighted by molar-refractivity contribution is 6.04. The van der Waals surface area contributed by atoms with Crippen molar-refractivity contribution in [2.75, 3.05) is 0 Å². The van der Waals surface area contributed by atoms with E-state index in [9.17, 15) is 14.0 Å². The van der Waals surface area contributed by atoms with E-state index >= 15 is 0 Å². The lowest BCUT2D eigenvalue weighted by atomic mass is 10.4. The third-order valence-corrected chi connectivity index (χ3v) is 0.689. The number of halogens is 1. The van der Waals surface area contributed by atoms with Crippen LogP contribution in [0.25, 0.3) is 0 Å². The Bertz CT molecular complexity index is 129. The van der Waals surface area contributed by atoms with E-state index in [0.717, 1.165) is 0 Å². The maximum Gasteiger partial charge on any atom is 0.375 e. The molecule has 0 aromatic carbocycles. The fourth-order valence-corrected chi connectivity index (χ4v) is 0.311. The number of hydrogen-bond donors (Lipinski definition) is 1. The van der Waals surface area contributed by atoms with E-state index in [4.69, 9.17) is 0 Å². The highest BCUT2D eigenvalue weighted by Crippen LogP contribution is 1.99. The zero-order valence-corrected chi connectivity index (χ0v) is 3.68. The predicted molar refractivity (Wildman–Crippen MR) is 19.1 cm³/mol. The molecule has 8 heavy (non-hydrogen) atoms. The number of alkyl halides is 1. The maximum atomic E-state index is 11.8. The first-order valence-corrected chi connectivity index (χ1v) is 1.86. The summed E-state index contributed by atoms with van der Waals surface area (Å²) in [5.41, 5.74) is 1.56. The smallest absolute Gasteiger partial charge is 0.337 e. The summed E-state index contributed by atoms with van der Waals surface area (Å²) >= 11 is 0. The van der Waals surface area contributed by atoms with Crippen molar-refractivity contribution in [1.29, 1.82) is 0 Å². The van der Waals surface area contributed by atoms with Gasteiger partial charge in [0.25, 0.3) is 12.1 Å². The second-order valence-electron chi connectivity index (χ2n) is 1.25. The predicted octanol–water partition coefficient (Wildman–Crippen LogP) is -1.09. The van der Waals surface area contributed by atoms with Crippen LogP contribution in [0.5, 0.6) is 0 Å². The monoisotopic (exact) mass is 119 g/mol. The Morgan fingerprint density at radius 1 is 1.62 bits per heavy atom. The Morgan fingerprint density at radius 3 is 2.38 bits per heavy atom. The van der Waals surface area contributed by atoms with Gasteiger partial charge in [0.15, 0.2) is 0 Å². The molecule has 0 spiro atoms. The average molecular weight is 119 g/mol. The summed E-state index contributed by atoms with van der Waals surface area (Å²) in [6.45, 7) is 0. The third kappa shape index (κ3) is 0.518. The molecule has 0 radical (unpaired) electrons. The van der Waals surface area contributed by atoms with Crippen LogP contribution in [0.4, 0.5) is 4.39 Å². The van der Waals surface area contributed by atoms with Gasteiger partial charge in [-0.15, -0.1) is 0 Å². The van der Waals surface area contributed by atoms with Crippen molar-refractivity contribution in [3.05, 3.63) is 0 Å². The molecule has 44 valence electrons. The van der Waals surface area contributed by atoms with Crippen LogP contribution in [0.1, 0.15) is 0 Å². The number of nitrogens with one attached hydrogen (secondary N) is 1. The molecule has 0 aromatic heterocycles. The van der Waals surface area contributed by atoms with Gasteiger partial charge in [-0.3, -0.25) is 4.79 Å². The molecule has 1 atom stereocenters. The minimum atomic E-state index is -2.13. The first-order chi connectivity index (χ1) is 3.72. The molecule has 1 rings (SSSR count). The Hall–Kier alpha value is -1.13. The average Bonchev–Trinajstić information content (AvgIpc) is 1.98. The fourth-order valence-electron chi connectivity index (χ4n) is 0.311. The Kier molecular flexibility index (Phi) is 0.896. The summed E-state index contributed by atoms with van der Waals surface area (Å²) in [4.78, 5) is 23.6. The summed E-state index contributed by atoms with van der Waals surface area (Å²) in [6.07, 6.45) is -2.13. The standard InChI is InChI=1S/C3H2FNO3/c4-1-2(6)5-8-3(1)7/h1H,(H,5,6). The van der Waals surface area contributed by atoms with Crippen molar-refractivity contribution < 1.29 is 18.8 Å². The minimum Gasteiger partial charge on any atom is -0.337 e. The van der Waals surface area contributed by atoms with Crippen molar-refractivity contribution in [3.8, 4) is 0 Å². The van der Waals surface area contributed by atoms with Crippen LogP contribution < -0.4 is 5.48 Å². The van der Waals surface area contributed by atoms with Crippen molar-refractivity contribution >= 4 is 11.9 Å². The van der Waals surface area contributed by atoms with Crippen molar-refractivity contribution in [3.63, 3.8) is 0 Å². The molecule has 1 fully saturated rings. The molecule has 1 saturated heterocycles. The largest absolute Gasteiger partial charge is 0.375 e. The van der Waals surface area contributed by atoms with Gasteiger partial charge in [-0.2, -0.15) is 5.48 Å². The van der Waals surface area contributed by atoms with E-state index in [1.807, 2.05) is 0 Å². The van der Waals surface area contributed by atoms with E-state index in [1.54, 1.807) is 5.48 Å². The molecule has 1 aliphatic heterocycles. The van der Waals surface area contributed by atoms with Crippen molar-refractivity contribution in [1.82, 2.24) is 5.48 Å². The molecule has 0 aromatic rings. The fraction of sp³-hybridized carbons (Fsp3) is 0.333.